The molecular weight excluding hydrogens is 404 g/mol. The van der Waals surface area contributed by atoms with Crippen LogP contribution in [0.4, 0.5) is 0 Å². The van der Waals surface area contributed by atoms with Gasteiger partial charge in [0.25, 0.3) is 5.22 Å². The Hall–Kier alpha value is -1.95. The van der Waals surface area contributed by atoms with E-state index in [9.17, 15) is 13.2 Å². The van der Waals surface area contributed by atoms with Crippen LogP contribution in [0.15, 0.2) is 38.8 Å². The standard InChI is InChI=1S/C17H22N4O5S2/c1-2-6-18-15(22)12-27-17-20-19-16(26-17)13-4-3-5-14(11-13)28(23,24)21-7-9-25-10-8-21/h3-5,11H,2,6-10,12H2,1H3,(H,18,22). The number of nitrogens with zero attached hydrogens (tertiary/aromatic N) is 3. The maximum absolute atomic E-state index is 12.8. The van der Waals surface area contributed by atoms with E-state index in [1.807, 2.05) is 6.92 Å². The fourth-order valence-corrected chi connectivity index (χ4v) is 4.60. The van der Waals surface area contributed by atoms with Crippen LogP contribution in [0.3, 0.4) is 0 Å². The van der Waals surface area contributed by atoms with Gasteiger partial charge in [0.15, 0.2) is 0 Å². The van der Waals surface area contributed by atoms with Crippen molar-refractivity contribution < 1.29 is 22.4 Å². The Morgan fingerprint density at radius 3 is 2.82 bits per heavy atom. The van der Waals surface area contributed by atoms with E-state index in [0.717, 1.165) is 18.2 Å². The van der Waals surface area contributed by atoms with Crippen molar-refractivity contribution in [3.63, 3.8) is 0 Å². The molecule has 2 aromatic rings. The molecule has 1 aromatic carbocycles. The van der Waals surface area contributed by atoms with Gasteiger partial charge in [-0.25, -0.2) is 8.42 Å². The molecule has 0 aliphatic carbocycles. The number of benzene rings is 1. The molecule has 9 nitrogen and oxygen atoms in total. The molecule has 0 spiro atoms. The molecule has 1 aliphatic rings. The van der Waals surface area contributed by atoms with E-state index >= 15 is 0 Å². The van der Waals surface area contributed by atoms with Crippen molar-refractivity contribution in [1.29, 1.82) is 0 Å². The third-order valence-electron chi connectivity index (χ3n) is 3.99. The highest BCUT2D eigenvalue weighted by Gasteiger charge is 2.26. The highest BCUT2D eigenvalue weighted by atomic mass is 32.2. The lowest BCUT2D eigenvalue weighted by Crippen LogP contribution is -2.40. The normalized spacial score (nSPS) is 15.5. The summed E-state index contributed by atoms with van der Waals surface area (Å²) in [5.74, 6) is 0.272. The van der Waals surface area contributed by atoms with E-state index in [1.54, 1.807) is 18.2 Å². The summed E-state index contributed by atoms with van der Waals surface area (Å²) in [7, 11) is -3.61. The minimum absolute atomic E-state index is 0.106. The van der Waals surface area contributed by atoms with Gasteiger partial charge in [-0.1, -0.05) is 24.8 Å². The summed E-state index contributed by atoms with van der Waals surface area (Å²) in [5, 5.41) is 10.9. The van der Waals surface area contributed by atoms with Crippen LogP contribution >= 0.6 is 11.8 Å². The number of rotatable bonds is 8. The number of ether oxygens (including phenoxy) is 1. The first-order valence-electron chi connectivity index (χ1n) is 8.92. The molecule has 3 rings (SSSR count). The van der Waals surface area contributed by atoms with Gasteiger partial charge in [-0.2, -0.15) is 4.31 Å². The van der Waals surface area contributed by atoms with Gasteiger partial charge in [-0.3, -0.25) is 4.79 Å². The second kappa shape index (κ2) is 9.50. The molecule has 1 aliphatic heterocycles. The van der Waals surface area contributed by atoms with E-state index < -0.39 is 10.0 Å². The first kappa shape index (κ1) is 20.8. The van der Waals surface area contributed by atoms with Crippen LogP contribution in [0.2, 0.25) is 0 Å². The molecule has 0 bridgehead atoms. The van der Waals surface area contributed by atoms with Gasteiger partial charge in [0, 0.05) is 25.2 Å². The summed E-state index contributed by atoms with van der Waals surface area (Å²) < 4.78 is 37.8. The second-order valence-corrected chi connectivity index (χ2v) is 8.92. The lowest BCUT2D eigenvalue weighted by Gasteiger charge is -2.26. The summed E-state index contributed by atoms with van der Waals surface area (Å²) in [6.45, 7) is 4.02. The summed E-state index contributed by atoms with van der Waals surface area (Å²) in [6, 6.07) is 6.39. The smallest absolute Gasteiger partial charge is 0.277 e. The zero-order valence-electron chi connectivity index (χ0n) is 15.5. The summed E-state index contributed by atoms with van der Waals surface area (Å²) in [6.07, 6.45) is 0.866. The average Bonchev–Trinajstić information content (AvgIpc) is 3.20. The van der Waals surface area contributed by atoms with Gasteiger partial charge in [0.05, 0.1) is 23.9 Å². The minimum atomic E-state index is -3.61. The number of amides is 1. The average molecular weight is 427 g/mol. The van der Waals surface area contributed by atoms with Crippen LogP contribution in [-0.2, 0) is 19.6 Å². The summed E-state index contributed by atoms with van der Waals surface area (Å²) in [5.41, 5.74) is 0.504. The second-order valence-electron chi connectivity index (χ2n) is 6.06. The SMILES string of the molecule is CCCNC(=O)CSc1nnc(-c2cccc(S(=O)(=O)N3CCOCC3)c2)o1. The largest absolute Gasteiger partial charge is 0.411 e. The van der Waals surface area contributed by atoms with Crippen LogP contribution in [0.1, 0.15) is 13.3 Å². The Morgan fingerprint density at radius 2 is 2.07 bits per heavy atom. The topological polar surface area (TPSA) is 115 Å². The quantitative estimate of drug-likeness (QED) is 0.630. The molecule has 28 heavy (non-hydrogen) atoms. The maximum atomic E-state index is 12.8. The molecule has 0 atom stereocenters. The Balaban J connectivity index is 1.70. The first-order chi connectivity index (χ1) is 13.5. The zero-order valence-corrected chi connectivity index (χ0v) is 17.1. The zero-order chi connectivity index (χ0) is 20.0. The van der Waals surface area contributed by atoms with Crippen molar-refractivity contribution in [3.05, 3.63) is 24.3 Å². The number of aromatic nitrogens is 2. The van der Waals surface area contributed by atoms with Crippen molar-refractivity contribution in [2.75, 3.05) is 38.6 Å². The van der Waals surface area contributed by atoms with Crippen LogP contribution in [0, 0.1) is 0 Å². The molecule has 1 aromatic heterocycles. The van der Waals surface area contributed by atoms with Gasteiger partial charge in [0.2, 0.25) is 21.8 Å². The third kappa shape index (κ3) is 5.10. The Kier molecular flexibility index (Phi) is 7.05. The number of carbonyl (C=O) groups is 1. The van der Waals surface area contributed by atoms with E-state index in [4.69, 9.17) is 9.15 Å². The highest BCUT2D eigenvalue weighted by molar-refractivity contribution is 7.99. The number of thioether (sulfide) groups is 1. The number of nitrogens with one attached hydrogen (secondary N) is 1. The lowest BCUT2D eigenvalue weighted by molar-refractivity contribution is -0.118. The van der Waals surface area contributed by atoms with E-state index in [1.165, 1.54) is 10.4 Å². The molecule has 1 N–H and O–H groups in total. The summed E-state index contributed by atoms with van der Waals surface area (Å²) in [4.78, 5) is 11.8. The van der Waals surface area contributed by atoms with Crippen LogP contribution in [0.5, 0.6) is 0 Å². The van der Waals surface area contributed by atoms with Gasteiger partial charge < -0.3 is 14.5 Å². The van der Waals surface area contributed by atoms with Crippen LogP contribution in [-0.4, -0.2) is 67.4 Å². The predicted octanol–water partition coefficient (Wildman–Crippen LogP) is 1.38. The molecule has 11 heteroatoms. The molecule has 2 heterocycles. The molecule has 0 unspecified atom stereocenters. The Morgan fingerprint density at radius 1 is 1.29 bits per heavy atom. The molecule has 0 saturated carbocycles. The predicted molar refractivity (Wildman–Crippen MR) is 103 cm³/mol. The highest BCUT2D eigenvalue weighted by Crippen LogP contribution is 2.26. The Labute approximate surface area is 167 Å². The summed E-state index contributed by atoms with van der Waals surface area (Å²) >= 11 is 1.13. The number of hydrogen-bond donors (Lipinski definition) is 1. The molecular formula is C17H22N4O5S2. The van der Waals surface area contributed by atoms with Crippen molar-refractivity contribution in [1.82, 2.24) is 19.8 Å². The van der Waals surface area contributed by atoms with Crippen molar-refractivity contribution >= 4 is 27.7 Å². The Bertz CT molecular complexity index is 910. The monoisotopic (exact) mass is 426 g/mol. The first-order valence-corrected chi connectivity index (χ1v) is 11.3. The molecule has 0 radical (unpaired) electrons. The lowest BCUT2D eigenvalue weighted by atomic mass is 10.2. The van der Waals surface area contributed by atoms with Gasteiger partial charge in [-0.15, -0.1) is 10.2 Å². The molecule has 1 amide bonds. The number of morpholine rings is 1. The van der Waals surface area contributed by atoms with Gasteiger partial charge >= 0.3 is 0 Å². The van der Waals surface area contributed by atoms with Crippen LogP contribution < -0.4 is 5.32 Å². The fourth-order valence-electron chi connectivity index (χ4n) is 2.55. The van der Waals surface area contributed by atoms with E-state index in [2.05, 4.69) is 15.5 Å². The van der Waals surface area contributed by atoms with E-state index in [0.29, 0.717) is 38.4 Å². The van der Waals surface area contributed by atoms with Gasteiger partial charge in [0.1, 0.15) is 0 Å². The van der Waals surface area contributed by atoms with Crippen molar-refractivity contribution in [3.8, 4) is 11.5 Å². The van der Waals surface area contributed by atoms with E-state index in [-0.39, 0.29) is 27.7 Å². The maximum Gasteiger partial charge on any atom is 0.277 e. The molecule has 152 valence electrons. The van der Waals surface area contributed by atoms with Gasteiger partial charge in [-0.05, 0) is 24.6 Å². The minimum Gasteiger partial charge on any atom is -0.411 e. The fraction of sp³-hybridized carbons (Fsp3) is 0.471. The van der Waals surface area contributed by atoms with Crippen molar-refractivity contribution in [2.45, 2.75) is 23.5 Å². The molecule has 1 saturated heterocycles. The number of hydrogen-bond acceptors (Lipinski definition) is 8. The number of sulfonamides is 1. The van der Waals surface area contributed by atoms with Crippen molar-refractivity contribution in [2.24, 2.45) is 0 Å². The van der Waals surface area contributed by atoms with Crippen LogP contribution in [0.25, 0.3) is 11.5 Å². The molecule has 1 fully saturated rings. The third-order valence-corrected chi connectivity index (χ3v) is 6.71. The number of carbonyl (C=O) groups excluding carboxylic acids is 1.